The zero-order valence-electron chi connectivity index (χ0n) is 10.7. The molecule has 0 radical (unpaired) electrons. The van der Waals surface area contributed by atoms with Gasteiger partial charge >= 0.3 is 0 Å². The highest BCUT2D eigenvalue weighted by Gasteiger charge is 2.16. The average Bonchev–Trinajstić information content (AvgIpc) is 2.31. The Morgan fingerprint density at radius 3 is 2.65 bits per heavy atom. The van der Waals surface area contributed by atoms with Crippen LogP contribution in [0.2, 0.25) is 0 Å². The van der Waals surface area contributed by atoms with Crippen molar-refractivity contribution in [2.24, 2.45) is 0 Å². The van der Waals surface area contributed by atoms with E-state index in [1.165, 1.54) is 0 Å². The molecular weight excluding hydrogens is 218 g/mol. The van der Waals surface area contributed by atoms with Gasteiger partial charge in [0.2, 0.25) is 0 Å². The fourth-order valence-corrected chi connectivity index (χ4v) is 1.41. The highest BCUT2D eigenvalue weighted by atomic mass is 16.5. The monoisotopic (exact) mass is 239 g/mol. The van der Waals surface area contributed by atoms with Crippen LogP contribution in [0.15, 0.2) is 18.2 Å². The number of phenols is 1. The lowest BCUT2D eigenvalue weighted by molar-refractivity contribution is 0.0555. The van der Waals surface area contributed by atoms with Gasteiger partial charge in [0.1, 0.15) is 11.5 Å². The zero-order chi connectivity index (χ0) is 12.9. The first-order chi connectivity index (χ1) is 7.98. The highest BCUT2D eigenvalue weighted by molar-refractivity contribution is 5.39. The van der Waals surface area contributed by atoms with E-state index in [4.69, 9.17) is 4.74 Å². The van der Waals surface area contributed by atoms with Crippen molar-refractivity contribution < 1.29 is 14.9 Å². The molecule has 0 saturated heterocycles. The summed E-state index contributed by atoms with van der Waals surface area (Å²) in [6.07, 6.45) is 0.689. The van der Waals surface area contributed by atoms with E-state index in [0.717, 1.165) is 5.56 Å². The number of hydrogen-bond donors (Lipinski definition) is 3. The average molecular weight is 239 g/mol. The van der Waals surface area contributed by atoms with Crippen LogP contribution in [0, 0.1) is 0 Å². The van der Waals surface area contributed by atoms with E-state index < -0.39 is 5.60 Å². The molecule has 0 bridgehead atoms. The summed E-state index contributed by atoms with van der Waals surface area (Å²) in [6.45, 7) is 4.74. The SMILES string of the molecule is CCC(C)(O)CNCc1ccc(OC)cc1O. The summed E-state index contributed by atoms with van der Waals surface area (Å²) < 4.78 is 5.01. The van der Waals surface area contributed by atoms with Crippen LogP contribution < -0.4 is 10.1 Å². The maximum absolute atomic E-state index is 9.81. The molecule has 0 aliphatic heterocycles. The zero-order valence-corrected chi connectivity index (χ0v) is 10.7. The molecule has 4 heteroatoms. The minimum atomic E-state index is -0.706. The Morgan fingerprint density at radius 1 is 1.41 bits per heavy atom. The Labute approximate surface area is 102 Å². The Hall–Kier alpha value is -1.26. The molecule has 0 fully saturated rings. The van der Waals surface area contributed by atoms with Crippen molar-refractivity contribution in [2.75, 3.05) is 13.7 Å². The standard InChI is InChI=1S/C13H21NO3/c1-4-13(2,16)9-14-8-10-5-6-11(17-3)7-12(10)15/h5-7,14-16H,4,8-9H2,1-3H3. The van der Waals surface area contributed by atoms with Gasteiger partial charge in [-0.05, 0) is 19.4 Å². The molecule has 1 unspecified atom stereocenters. The number of aromatic hydroxyl groups is 1. The summed E-state index contributed by atoms with van der Waals surface area (Å²) in [5.74, 6) is 0.833. The molecule has 3 N–H and O–H groups in total. The van der Waals surface area contributed by atoms with Crippen LogP contribution >= 0.6 is 0 Å². The van der Waals surface area contributed by atoms with E-state index in [1.807, 2.05) is 13.0 Å². The third-order valence-electron chi connectivity index (χ3n) is 2.88. The smallest absolute Gasteiger partial charge is 0.123 e. The number of aliphatic hydroxyl groups is 1. The molecule has 4 nitrogen and oxygen atoms in total. The van der Waals surface area contributed by atoms with E-state index >= 15 is 0 Å². The van der Waals surface area contributed by atoms with E-state index in [0.29, 0.717) is 25.3 Å². The number of phenolic OH excluding ortho intramolecular Hbond substituents is 1. The predicted octanol–water partition coefficient (Wildman–Crippen LogP) is 1.65. The minimum absolute atomic E-state index is 0.202. The van der Waals surface area contributed by atoms with Crippen molar-refractivity contribution in [1.82, 2.24) is 5.32 Å². The Kier molecular flexibility index (Phi) is 4.78. The maximum Gasteiger partial charge on any atom is 0.123 e. The van der Waals surface area contributed by atoms with Crippen LogP contribution in [0.4, 0.5) is 0 Å². The fraction of sp³-hybridized carbons (Fsp3) is 0.538. The molecule has 96 valence electrons. The summed E-state index contributed by atoms with van der Waals surface area (Å²) in [5.41, 5.74) is 0.0833. The molecular formula is C13H21NO3. The molecule has 0 aromatic heterocycles. The first-order valence-corrected chi connectivity index (χ1v) is 5.77. The summed E-state index contributed by atoms with van der Waals surface area (Å²) in [4.78, 5) is 0. The van der Waals surface area contributed by atoms with Crippen LogP contribution in [0.25, 0.3) is 0 Å². The number of benzene rings is 1. The molecule has 0 spiro atoms. The van der Waals surface area contributed by atoms with Gasteiger partial charge in [-0.15, -0.1) is 0 Å². The third kappa shape index (κ3) is 4.24. The number of rotatable bonds is 6. The van der Waals surface area contributed by atoms with Gasteiger partial charge in [0, 0.05) is 24.7 Å². The molecule has 1 rings (SSSR count). The van der Waals surface area contributed by atoms with Crippen molar-refractivity contribution in [3.8, 4) is 11.5 Å². The number of hydrogen-bond acceptors (Lipinski definition) is 4. The van der Waals surface area contributed by atoms with Crippen LogP contribution in [0.1, 0.15) is 25.8 Å². The molecule has 0 aliphatic carbocycles. The first kappa shape index (κ1) is 13.8. The van der Waals surface area contributed by atoms with Crippen LogP contribution in [-0.2, 0) is 6.54 Å². The van der Waals surface area contributed by atoms with Gasteiger partial charge in [-0.3, -0.25) is 0 Å². The Bertz CT molecular complexity index is 364. The molecule has 0 saturated carbocycles. The van der Waals surface area contributed by atoms with Crippen molar-refractivity contribution in [3.63, 3.8) is 0 Å². The van der Waals surface area contributed by atoms with Crippen molar-refractivity contribution in [3.05, 3.63) is 23.8 Å². The summed E-state index contributed by atoms with van der Waals surface area (Å²) >= 11 is 0. The van der Waals surface area contributed by atoms with Gasteiger partial charge in [-0.2, -0.15) is 0 Å². The summed E-state index contributed by atoms with van der Waals surface area (Å²) in [6, 6.07) is 5.19. The summed E-state index contributed by atoms with van der Waals surface area (Å²) in [5, 5.41) is 22.7. The molecule has 1 aromatic rings. The van der Waals surface area contributed by atoms with Gasteiger partial charge in [0.25, 0.3) is 0 Å². The third-order valence-corrected chi connectivity index (χ3v) is 2.88. The van der Waals surface area contributed by atoms with Gasteiger partial charge < -0.3 is 20.3 Å². The normalized spacial score (nSPS) is 14.4. The van der Waals surface area contributed by atoms with Crippen molar-refractivity contribution in [1.29, 1.82) is 0 Å². The second-order valence-electron chi connectivity index (χ2n) is 4.45. The Balaban J connectivity index is 2.52. The van der Waals surface area contributed by atoms with E-state index in [9.17, 15) is 10.2 Å². The number of ether oxygens (including phenoxy) is 1. The molecule has 0 heterocycles. The lowest BCUT2D eigenvalue weighted by Crippen LogP contribution is -2.36. The van der Waals surface area contributed by atoms with Gasteiger partial charge in [0.15, 0.2) is 0 Å². The quantitative estimate of drug-likeness (QED) is 0.706. The topological polar surface area (TPSA) is 61.7 Å². The second kappa shape index (κ2) is 5.89. The lowest BCUT2D eigenvalue weighted by atomic mass is 10.0. The maximum atomic E-state index is 9.81. The highest BCUT2D eigenvalue weighted by Crippen LogP contribution is 2.23. The van der Waals surface area contributed by atoms with Gasteiger partial charge in [-0.1, -0.05) is 13.0 Å². The van der Waals surface area contributed by atoms with Gasteiger partial charge in [-0.25, -0.2) is 0 Å². The second-order valence-corrected chi connectivity index (χ2v) is 4.45. The molecule has 0 aliphatic rings. The fourth-order valence-electron chi connectivity index (χ4n) is 1.41. The molecule has 1 atom stereocenters. The van der Waals surface area contributed by atoms with E-state index in [-0.39, 0.29) is 5.75 Å². The van der Waals surface area contributed by atoms with E-state index in [1.54, 1.807) is 26.2 Å². The van der Waals surface area contributed by atoms with Crippen LogP contribution in [-0.4, -0.2) is 29.5 Å². The molecule has 1 aromatic carbocycles. The van der Waals surface area contributed by atoms with Crippen LogP contribution in [0.3, 0.4) is 0 Å². The lowest BCUT2D eigenvalue weighted by Gasteiger charge is -2.21. The van der Waals surface area contributed by atoms with E-state index in [2.05, 4.69) is 5.32 Å². The Morgan fingerprint density at radius 2 is 2.12 bits per heavy atom. The van der Waals surface area contributed by atoms with Gasteiger partial charge in [0.05, 0.1) is 12.7 Å². The first-order valence-electron chi connectivity index (χ1n) is 5.77. The largest absolute Gasteiger partial charge is 0.507 e. The molecule has 0 amide bonds. The number of methoxy groups -OCH3 is 1. The minimum Gasteiger partial charge on any atom is -0.507 e. The van der Waals surface area contributed by atoms with Crippen LogP contribution in [0.5, 0.6) is 11.5 Å². The molecule has 17 heavy (non-hydrogen) atoms. The van der Waals surface area contributed by atoms with Crippen molar-refractivity contribution in [2.45, 2.75) is 32.4 Å². The van der Waals surface area contributed by atoms with Crippen molar-refractivity contribution >= 4 is 0 Å². The predicted molar refractivity (Wildman–Crippen MR) is 67.3 cm³/mol. The number of nitrogens with one attached hydrogen (secondary N) is 1. The summed E-state index contributed by atoms with van der Waals surface area (Å²) in [7, 11) is 1.56.